The van der Waals surface area contributed by atoms with Crippen molar-refractivity contribution in [2.75, 3.05) is 5.32 Å². The second kappa shape index (κ2) is 6.45. The zero-order valence-corrected chi connectivity index (χ0v) is 14.3. The second-order valence-electron chi connectivity index (χ2n) is 5.51. The molecule has 130 valence electrons. The summed E-state index contributed by atoms with van der Waals surface area (Å²) in [6.45, 7) is 1.92. The molecule has 0 aliphatic heterocycles. The van der Waals surface area contributed by atoms with E-state index in [4.69, 9.17) is 11.6 Å². The number of rotatable bonds is 4. The maximum absolute atomic E-state index is 12.3. The molecule has 0 bridgehead atoms. The highest BCUT2D eigenvalue weighted by molar-refractivity contribution is 6.32. The van der Waals surface area contributed by atoms with Crippen LogP contribution in [0.5, 0.6) is 0 Å². The van der Waals surface area contributed by atoms with Gasteiger partial charge in [0.15, 0.2) is 5.82 Å². The van der Waals surface area contributed by atoms with Gasteiger partial charge in [-0.3, -0.25) is 10.1 Å². The number of halogens is 1. The molecular formula is C16H13ClN8O. The second-order valence-corrected chi connectivity index (χ2v) is 5.92. The van der Waals surface area contributed by atoms with Crippen LogP contribution in [-0.4, -0.2) is 41.1 Å². The maximum atomic E-state index is 12.3. The molecule has 3 heterocycles. The van der Waals surface area contributed by atoms with Crippen LogP contribution in [0.3, 0.4) is 0 Å². The Labute approximate surface area is 152 Å². The molecular weight excluding hydrogens is 356 g/mol. The van der Waals surface area contributed by atoms with Gasteiger partial charge in [0, 0.05) is 24.2 Å². The van der Waals surface area contributed by atoms with Crippen molar-refractivity contribution in [3.63, 3.8) is 0 Å². The molecule has 0 saturated heterocycles. The molecule has 0 spiro atoms. The first kappa shape index (κ1) is 16.0. The number of aromatic nitrogens is 7. The number of carbonyl (C=O) groups excluding carboxylic acids is 1. The summed E-state index contributed by atoms with van der Waals surface area (Å²) in [6.07, 6.45) is 4.83. The van der Waals surface area contributed by atoms with Gasteiger partial charge in [-0.15, -0.1) is 5.10 Å². The van der Waals surface area contributed by atoms with Gasteiger partial charge in [-0.25, -0.2) is 4.98 Å². The standard InChI is InChI=1S/C16H13ClN8O/c1-9-3-2-4-11(17)13(9)25-14(22-23-24-25)10-7-12(20-8-10)15(26)21-16-18-5-6-19-16/h2-8,20H,1H3,(H2,18,19,21,26). The lowest BCUT2D eigenvalue weighted by molar-refractivity contribution is 0.102. The van der Waals surface area contributed by atoms with Crippen LogP contribution < -0.4 is 5.32 Å². The molecule has 26 heavy (non-hydrogen) atoms. The summed E-state index contributed by atoms with van der Waals surface area (Å²) in [4.78, 5) is 22.0. The van der Waals surface area contributed by atoms with E-state index in [1.165, 1.54) is 0 Å². The fourth-order valence-corrected chi connectivity index (χ4v) is 2.87. The van der Waals surface area contributed by atoms with Crippen LogP contribution in [0.4, 0.5) is 5.95 Å². The van der Waals surface area contributed by atoms with Crippen molar-refractivity contribution in [2.24, 2.45) is 0 Å². The van der Waals surface area contributed by atoms with Gasteiger partial charge in [0.05, 0.1) is 10.7 Å². The number of benzene rings is 1. The van der Waals surface area contributed by atoms with Gasteiger partial charge in [0.1, 0.15) is 5.69 Å². The van der Waals surface area contributed by atoms with Gasteiger partial charge in [-0.2, -0.15) is 4.68 Å². The van der Waals surface area contributed by atoms with Crippen LogP contribution >= 0.6 is 11.6 Å². The van der Waals surface area contributed by atoms with E-state index in [2.05, 4.69) is 35.8 Å². The van der Waals surface area contributed by atoms with E-state index in [0.29, 0.717) is 33.7 Å². The lowest BCUT2D eigenvalue weighted by Crippen LogP contribution is -2.13. The number of aryl methyl sites for hydroxylation is 1. The summed E-state index contributed by atoms with van der Waals surface area (Å²) in [5.74, 6) is 0.497. The fraction of sp³-hybridized carbons (Fsp3) is 0.0625. The quantitative estimate of drug-likeness (QED) is 0.511. The average molecular weight is 369 g/mol. The average Bonchev–Trinajstić information content (AvgIpc) is 3.36. The molecule has 10 heteroatoms. The highest BCUT2D eigenvalue weighted by Gasteiger charge is 2.18. The molecule has 0 aliphatic rings. The van der Waals surface area contributed by atoms with Crippen LogP contribution in [0.2, 0.25) is 5.02 Å². The Bertz CT molecular complexity index is 1050. The number of para-hydroxylation sites is 1. The van der Waals surface area contributed by atoms with E-state index >= 15 is 0 Å². The molecule has 1 aromatic carbocycles. The molecule has 9 nitrogen and oxygen atoms in total. The summed E-state index contributed by atoms with van der Waals surface area (Å²) in [5, 5.41) is 15.0. The van der Waals surface area contributed by atoms with Crippen LogP contribution in [-0.2, 0) is 0 Å². The predicted octanol–water partition coefficient (Wildman–Crippen LogP) is 2.59. The molecule has 0 atom stereocenters. The van der Waals surface area contributed by atoms with Crippen molar-refractivity contribution in [1.82, 2.24) is 35.2 Å². The Balaban J connectivity index is 1.67. The topological polar surface area (TPSA) is 117 Å². The molecule has 1 amide bonds. The zero-order valence-electron chi connectivity index (χ0n) is 13.6. The van der Waals surface area contributed by atoms with Crippen LogP contribution in [0.25, 0.3) is 17.1 Å². The number of hydrogen-bond acceptors (Lipinski definition) is 5. The van der Waals surface area contributed by atoms with Gasteiger partial charge in [-0.1, -0.05) is 23.7 Å². The van der Waals surface area contributed by atoms with Crippen molar-refractivity contribution in [3.05, 3.63) is 59.1 Å². The van der Waals surface area contributed by atoms with E-state index in [-0.39, 0.29) is 5.91 Å². The molecule has 4 aromatic rings. The monoisotopic (exact) mass is 368 g/mol. The Morgan fingerprint density at radius 2 is 2.19 bits per heavy atom. The minimum Gasteiger partial charge on any atom is -0.356 e. The van der Waals surface area contributed by atoms with E-state index < -0.39 is 0 Å². The normalized spacial score (nSPS) is 10.8. The summed E-state index contributed by atoms with van der Waals surface area (Å²) < 4.78 is 1.55. The van der Waals surface area contributed by atoms with Crippen molar-refractivity contribution < 1.29 is 4.79 Å². The number of nitrogens with one attached hydrogen (secondary N) is 3. The Morgan fingerprint density at radius 3 is 2.96 bits per heavy atom. The largest absolute Gasteiger partial charge is 0.356 e. The van der Waals surface area contributed by atoms with E-state index in [1.807, 2.05) is 19.1 Å². The summed E-state index contributed by atoms with van der Waals surface area (Å²) in [7, 11) is 0. The van der Waals surface area contributed by atoms with Gasteiger partial charge in [-0.05, 0) is 35.0 Å². The predicted molar refractivity (Wildman–Crippen MR) is 95.2 cm³/mol. The molecule has 0 unspecified atom stereocenters. The molecule has 0 aliphatic carbocycles. The molecule has 4 rings (SSSR count). The molecule has 3 N–H and O–H groups in total. The number of amides is 1. The fourth-order valence-electron chi connectivity index (χ4n) is 2.57. The molecule has 0 fully saturated rings. The number of H-pyrrole nitrogens is 2. The van der Waals surface area contributed by atoms with Gasteiger partial charge >= 0.3 is 0 Å². The number of carbonyl (C=O) groups is 1. The minimum atomic E-state index is -0.334. The third-order valence-corrected chi connectivity index (χ3v) is 4.09. The highest BCUT2D eigenvalue weighted by Crippen LogP contribution is 2.27. The zero-order chi connectivity index (χ0) is 18.1. The molecule has 0 radical (unpaired) electrons. The van der Waals surface area contributed by atoms with E-state index in [0.717, 1.165) is 5.56 Å². The van der Waals surface area contributed by atoms with E-state index in [1.54, 1.807) is 35.4 Å². The van der Waals surface area contributed by atoms with Crippen molar-refractivity contribution in [1.29, 1.82) is 0 Å². The lowest BCUT2D eigenvalue weighted by Gasteiger charge is -2.08. The van der Waals surface area contributed by atoms with Crippen molar-refractivity contribution in [2.45, 2.75) is 6.92 Å². The number of aromatic amines is 2. The number of hydrogen-bond donors (Lipinski definition) is 3. The van der Waals surface area contributed by atoms with Crippen LogP contribution in [0.15, 0.2) is 42.9 Å². The number of tetrazole rings is 1. The number of nitrogens with zero attached hydrogens (tertiary/aromatic N) is 5. The maximum Gasteiger partial charge on any atom is 0.274 e. The Kier molecular flexibility index (Phi) is 3.98. The van der Waals surface area contributed by atoms with E-state index in [9.17, 15) is 4.79 Å². The summed E-state index contributed by atoms with van der Waals surface area (Å²) in [5.41, 5.74) is 2.62. The summed E-state index contributed by atoms with van der Waals surface area (Å²) in [6, 6.07) is 7.21. The lowest BCUT2D eigenvalue weighted by atomic mass is 10.2. The van der Waals surface area contributed by atoms with Crippen molar-refractivity contribution >= 4 is 23.5 Å². The van der Waals surface area contributed by atoms with Crippen LogP contribution in [0.1, 0.15) is 16.1 Å². The Morgan fingerprint density at radius 1 is 1.31 bits per heavy atom. The van der Waals surface area contributed by atoms with Crippen LogP contribution in [0, 0.1) is 6.92 Å². The molecule has 3 aromatic heterocycles. The third kappa shape index (κ3) is 2.84. The van der Waals surface area contributed by atoms with Gasteiger partial charge < -0.3 is 9.97 Å². The Hall–Kier alpha value is -3.46. The van der Waals surface area contributed by atoms with Crippen molar-refractivity contribution in [3.8, 4) is 17.1 Å². The first-order valence-electron chi connectivity index (χ1n) is 7.67. The van der Waals surface area contributed by atoms with Gasteiger partial charge in [0.2, 0.25) is 5.95 Å². The van der Waals surface area contributed by atoms with Gasteiger partial charge in [0.25, 0.3) is 5.91 Å². The summed E-state index contributed by atoms with van der Waals surface area (Å²) >= 11 is 6.32. The first-order valence-corrected chi connectivity index (χ1v) is 8.04. The number of anilines is 1. The third-order valence-electron chi connectivity index (χ3n) is 3.79. The highest BCUT2D eigenvalue weighted by atomic mass is 35.5. The first-order chi connectivity index (χ1) is 12.6. The molecule has 0 saturated carbocycles. The SMILES string of the molecule is Cc1cccc(Cl)c1-n1nnnc1-c1c[nH]c(C(=O)Nc2ncc[nH]2)c1. The smallest absolute Gasteiger partial charge is 0.274 e. The number of imidazole rings is 1. The minimum absolute atomic E-state index is 0.334.